The van der Waals surface area contributed by atoms with Crippen LogP contribution in [-0.2, 0) is 6.42 Å². The molecule has 0 saturated carbocycles. The number of thiophene rings is 1. The molecule has 0 saturated heterocycles. The van der Waals surface area contributed by atoms with E-state index in [0.29, 0.717) is 5.82 Å². The van der Waals surface area contributed by atoms with Gasteiger partial charge in [-0.1, -0.05) is 0 Å². The summed E-state index contributed by atoms with van der Waals surface area (Å²) in [5.74, 6) is 2.20. The topological polar surface area (TPSA) is 73.1 Å². The number of anilines is 2. The number of benzene rings is 1. The smallest absolute Gasteiger partial charge is 0.136 e. The van der Waals surface area contributed by atoms with Crippen LogP contribution in [-0.4, -0.2) is 23.6 Å². The van der Waals surface area contributed by atoms with Gasteiger partial charge in [-0.2, -0.15) is 0 Å². The highest BCUT2D eigenvalue weighted by Crippen LogP contribution is 2.31. The molecule has 23 heavy (non-hydrogen) atoms. The third kappa shape index (κ3) is 3.22. The van der Waals surface area contributed by atoms with Crippen LogP contribution in [0.15, 0.2) is 24.3 Å². The van der Waals surface area contributed by atoms with Gasteiger partial charge in [0.1, 0.15) is 22.2 Å². The Morgan fingerprint density at radius 2 is 1.91 bits per heavy atom. The third-order valence-corrected chi connectivity index (χ3v) is 4.97. The van der Waals surface area contributed by atoms with Crippen molar-refractivity contribution in [2.24, 2.45) is 0 Å². The predicted octanol–water partition coefficient (Wildman–Crippen LogP) is 3.55. The molecule has 2 aromatic heterocycles. The molecular weight excluding hydrogens is 308 g/mol. The minimum Gasteiger partial charge on any atom is -0.497 e. The number of fused-ring (bicyclic) bond motifs is 1. The van der Waals surface area contributed by atoms with E-state index in [4.69, 9.17) is 10.5 Å². The molecule has 3 N–H and O–H groups in total. The molecule has 2 heterocycles. The lowest BCUT2D eigenvalue weighted by Crippen LogP contribution is -2.08. The van der Waals surface area contributed by atoms with Crippen molar-refractivity contribution in [1.82, 2.24) is 9.97 Å². The molecule has 1 aromatic carbocycles. The molecular formula is C17H20N4OS. The first-order valence-electron chi connectivity index (χ1n) is 7.48. The van der Waals surface area contributed by atoms with Crippen molar-refractivity contribution in [3.63, 3.8) is 0 Å². The summed E-state index contributed by atoms with van der Waals surface area (Å²) in [6.07, 6.45) is 0.724. The number of nitrogen functional groups attached to an aromatic ring is 1. The van der Waals surface area contributed by atoms with Gasteiger partial charge in [0.2, 0.25) is 0 Å². The first-order chi connectivity index (χ1) is 11.1. The number of nitrogens with one attached hydrogen (secondary N) is 1. The second kappa shape index (κ2) is 6.42. The summed E-state index contributed by atoms with van der Waals surface area (Å²) < 4.78 is 5.15. The molecule has 6 heteroatoms. The van der Waals surface area contributed by atoms with E-state index in [0.717, 1.165) is 40.4 Å². The first kappa shape index (κ1) is 15.6. The van der Waals surface area contributed by atoms with E-state index < -0.39 is 0 Å². The summed E-state index contributed by atoms with van der Waals surface area (Å²) in [5, 5.41) is 4.35. The maximum Gasteiger partial charge on any atom is 0.136 e. The fraction of sp³-hybridized carbons (Fsp3) is 0.294. The molecule has 0 radical (unpaired) electrons. The lowest BCUT2D eigenvalue weighted by atomic mass is 10.2. The van der Waals surface area contributed by atoms with E-state index in [1.165, 1.54) is 10.4 Å². The second-order valence-corrected chi connectivity index (χ2v) is 6.60. The number of nitrogens with zero attached hydrogens (tertiary/aromatic N) is 2. The molecule has 5 nitrogen and oxygen atoms in total. The van der Waals surface area contributed by atoms with Crippen LogP contribution in [0.25, 0.3) is 10.2 Å². The van der Waals surface area contributed by atoms with E-state index in [1.807, 2.05) is 24.3 Å². The Hall–Kier alpha value is -2.34. The van der Waals surface area contributed by atoms with Gasteiger partial charge in [-0.15, -0.1) is 11.3 Å². The molecule has 0 fully saturated rings. The fourth-order valence-electron chi connectivity index (χ4n) is 2.47. The van der Waals surface area contributed by atoms with Gasteiger partial charge in [-0.25, -0.2) is 9.97 Å². The van der Waals surface area contributed by atoms with E-state index in [-0.39, 0.29) is 0 Å². The zero-order valence-corrected chi connectivity index (χ0v) is 14.3. The molecule has 120 valence electrons. The maximum absolute atomic E-state index is 6.11. The monoisotopic (exact) mass is 328 g/mol. The van der Waals surface area contributed by atoms with Gasteiger partial charge in [0, 0.05) is 23.5 Å². The van der Waals surface area contributed by atoms with Gasteiger partial charge in [-0.05, 0) is 43.7 Å². The van der Waals surface area contributed by atoms with E-state index >= 15 is 0 Å². The Labute approximate surface area is 139 Å². The van der Waals surface area contributed by atoms with Gasteiger partial charge in [-0.3, -0.25) is 0 Å². The largest absolute Gasteiger partial charge is 0.497 e. The van der Waals surface area contributed by atoms with Crippen molar-refractivity contribution in [2.45, 2.75) is 20.3 Å². The summed E-state index contributed by atoms with van der Waals surface area (Å²) in [5.41, 5.74) is 8.34. The average molecular weight is 328 g/mol. The van der Waals surface area contributed by atoms with Crippen LogP contribution in [0, 0.1) is 13.8 Å². The number of nitrogens with two attached hydrogens (primary N) is 1. The fourth-order valence-corrected chi connectivity index (χ4v) is 3.52. The first-order valence-corrected chi connectivity index (χ1v) is 8.30. The lowest BCUT2D eigenvalue weighted by Gasteiger charge is -2.07. The van der Waals surface area contributed by atoms with E-state index in [1.54, 1.807) is 18.4 Å². The zero-order valence-electron chi connectivity index (χ0n) is 13.5. The second-order valence-electron chi connectivity index (χ2n) is 5.39. The molecule has 0 unspecified atom stereocenters. The maximum atomic E-state index is 6.11. The Bertz CT molecular complexity index is 827. The van der Waals surface area contributed by atoms with Crippen LogP contribution in [0.4, 0.5) is 11.5 Å². The molecule has 3 rings (SSSR count). The van der Waals surface area contributed by atoms with Crippen molar-refractivity contribution in [2.75, 3.05) is 24.7 Å². The minimum atomic E-state index is 0.580. The van der Waals surface area contributed by atoms with Crippen LogP contribution in [0.5, 0.6) is 5.75 Å². The van der Waals surface area contributed by atoms with Crippen molar-refractivity contribution in [3.05, 3.63) is 40.5 Å². The van der Waals surface area contributed by atoms with Crippen molar-refractivity contribution < 1.29 is 4.74 Å². The zero-order chi connectivity index (χ0) is 16.4. The summed E-state index contributed by atoms with van der Waals surface area (Å²) in [6.45, 7) is 4.91. The van der Waals surface area contributed by atoms with Gasteiger partial charge >= 0.3 is 0 Å². The Morgan fingerprint density at radius 3 is 2.61 bits per heavy atom. The standard InChI is InChI=1S/C17H20N4OS/c1-10-11(2)23-17-15(10)16(18)20-14(21-17)8-9-19-12-4-6-13(22-3)7-5-12/h4-7,19H,8-9H2,1-3H3,(H2,18,20,21). The normalized spacial score (nSPS) is 10.9. The van der Waals surface area contributed by atoms with Crippen LogP contribution in [0.1, 0.15) is 16.3 Å². The number of ether oxygens (including phenoxy) is 1. The average Bonchev–Trinajstić information content (AvgIpc) is 2.83. The summed E-state index contributed by atoms with van der Waals surface area (Å²) in [7, 11) is 1.66. The number of hydrogen-bond donors (Lipinski definition) is 2. The molecule has 0 aliphatic heterocycles. The van der Waals surface area contributed by atoms with Crippen molar-refractivity contribution in [3.8, 4) is 5.75 Å². The van der Waals surface area contributed by atoms with Crippen LogP contribution in [0.3, 0.4) is 0 Å². The van der Waals surface area contributed by atoms with Gasteiger partial charge in [0.15, 0.2) is 0 Å². The third-order valence-electron chi connectivity index (χ3n) is 3.87. The predicted molar refractivity (Wildman–Crippen MR) is 96.5 cm³/mol. The Morgan fingerprint density at radius 1 is 1.17 bits per heavy atom. The molecule has 0 bridgehead atoms. The van der Waals surface area contributed by atoms with Gasteiger partial charge in [0.05, 0.1) is 12.5 Å². The van der Waals surface area contributed by atoms with Gasteiger partial charge in [0.25, 0.3) is 0 Å². The quantitative estimate of drug-likeness (QED) is 0.749. The Kier molecular flexibility index (Phi) is 4.34. The van der Waals surface area contributed by atoms with Crippen molar-refractivity contribution in [1.29, 1.82) is 0 Å². The molecule has 0 spiro atoms. The summed E-state index contributed by atoms with van der Waals surface area (Å²) in [4.78, 5) is 11.3. The van der Waals surface area contributed by atoms with E-state index in [9.17, 15) is 0 Å². The highest BCUT2D eigenvalue weighted by Gasteiger charge is 2.12. The van der Waals surface area contributed by atoms with Crippen LogP contribution in [0.2, 0.25) is 0 Å². The molecule has 0 atom stereocenters. The molecule has 0 amide bonds. The SMILES string of the molecule is COc1ccc(NCCc2nc(N)c3c(C)c(C)sc3n2)cc1. The highest BCUT2D eigenvalue weighted by molar-refractivity contribution is 7.18. The summed E-state index contributed by atoms with van der Waals surface area (Å²) in [6, 6.07) is 7.84. The molecule has 0 aliphatic carbocycles. The number of aryl methyl sites for hydroxylation is 2. The lowest BCUT2D eigenvalue weighted by molar-refractivity contribution is 0.415. The summed E-state index contributed by atoms with van der Waals surface area (Å²) >= 11 is 1.68. The number of methoxy groups -OCH3 is 1. The molecule has 3 aromatic rings. The Balaban J connectivity index is 1.69. The highest BCUT2D eigenvalue weighted by atomic mass is 32.1. The van der Waals surface area contributed by atoms with Crippen LogP contribution < -0.4 is 15.8 Å². The van der Waals surface area contributed by atoms with Crippen LogP contribution >= 0.6 is 11.3 Å². The van der Waals surface area contributed by atoms with E-state index in [2.05, 4.69) is 29.1 Å². The number of rotatable bonds is 5. The number of hydrogen-bond acceptors (Lipinski definition) is 6. The minimum absolute atomic E-state index is 0.580. The molecule has 0 aliphatic rings. The number of aromatic nitrogens is 2. The van der Waals surface area contributed by atoms with Gasteiger partial charge < -0.3 is 15.8 Å². The van der Waals surface area contributed by atoms with Crippen molar-refractivity contribution >= 4 is 33.1 Å².